The van der Waals surface area contributed by atoms with Gasteiger partial charge in [-0.25, -0.2) is 4.98 Å². The van der Waals surface area contributed by atoms with Gasteiger partial charge in [-0.1, -0.05) is 17.7 Å². The second kappa shape index (κ2) is 8.13. The molecule has 0 radical (unpaired) electrons. The Balaban J connectivity index is 1.68. The van der Waals surface area contributed by atoms with Gasteiger partial charge in [0.05, 0.1) is 5.69 Å². The maximum Gasteiger partial charge on any atom is 0.406 e. The van der Waals surface area contributed by atoms with E-state index in [4.69, 9.17) is 4.74 Å². The third-order valence-corrected chi connectivity index (χ3v) is 4.72. The van der Waals surface area contributed by atoms with Crippen molar-refractivity contribution in [2.45, 2.75) is 20.8 Å². The molecule has 0 spiro atoms. The number of amides is 1. The molecule has 1 N–H and O–H groups in total. The van der Waals surface area contributed by atoms with Gasteiger partial charge in [-0.05, 0) is 53.9 Å². The summed E-state index contributed by atoms with van der Waals surface area (Å²) in [6, 6.07) is 7.07. The van der Waals surface area contributed by atoms with Gasteiger partial charge in [0.1, 0.15) is 6.20 Å². The topological polar surface area (TPSA) is 107 Å². The Bertz CT molecular complexity index is 1020. The first kappa shape index (κ1) is 19.4. The number of hydrogen-bond acceptors (Lipinski definition) is 7. The third kappa shape index (κ3) is 4.32. The SMILES string of the molecule is Cc1cc(C)c(-c2csc(NC(=O)COc3cccnc3[N+](=O)[O-])n2)c(C)c1. The first-order valence-electron chi connectivity index (χ1n) is 8.41. The van der Waals surface area contributed by atoms with Crippen molar-refractivity contribution in [3.63, 3.8) is 0 Å². The summed E-state index contributed by atoms with van der Waals surface area (Å²) in [5, 5.41) is 15.9. The molecule has 0 aliphatic rings. The summed E-state index contributed by atoms with van der Waals surface area (Å²) in [5.74, 6) is -0.957. The molecule has 1 aromatic carbocycles. The van der Waals surface area contributed by atoms with Crippen molar-refractivity contribution < 1.29 is 14.5 Å². The molecule has 0 aliphatic heterocycles. The molecule has 3 aromatic rings. The molecule has 0 saturated carbocycles. The van der Waals surface area contributed by atoms with Crippen molar-refractivity contribution in [3.05, 3.63) is 62.6 Å². The van der Waals surface area contributed by atoms with Crippen LogP contribution in [0.3, 0.4) is 0 Å². The van der Waals surface area contributed by atoms with Gasteiger partial charge in [-0.2, -0.15) is 0 Å². The lowest BCUT2D eigenvalue weighted by molar-refractivity contribution is -0.390. The van der Waals surface area contributed by atoms with Crippen LogP contribution in [0.2, 0.25) is 0 Å². The number of ether oxygens (including phenoxy) is 1. The maximum absolute atomic E-state index is 12.1. The number of nitrogens with one attached hydrogen (secondary N) is 1. The zero-order valence-electron chi connectivity index (χ0n) is 15.6. The number of aromatic nitrogens is 2. The van der Waals surface area contributed by atoms with Gasteiger partial charge in [0.2, 0.25) is 5.75 Å². The Labute approximate surface area is 165 Å². The van der Waals surface area contributed by atoms with Gasteiger partial charge in [-0.3, -0.25) is 10.1 Å². The fourth-order valence-corrected chi connectivity index (χ4v) is 3.68. The molecule has 0 atom stereocenters. The number of nitrogens with zero attached hydrogens (tertiary/aromatic N) is 3. The monoisotopic (exact) mass is 398 g/mol. The minimum absolute atomic E-state index is 0.0617. The average molecular weight is 398 g/mol. The van der Waals surface area contributed by atoms with Crippen LogP contribution in [0.25, 0.3) is 11.3 Å². The standard InChI is InChI=1S/C19H18N4O4S/c1-11-7-12(2)17(13(3)8-11)14-10-28-19(21-14)22-16(24)9-27-15-5-4-6-20-18(15)23(25)26/h4-8,10H,9H2,1-3H3,(H,21,22,24). The van der Waals surface area contributed by atoms with Crippen LogP contribution in [0.4, 0.5) is 10.9 Å². The predicted octanol–water partition coefficient (Wildman–Crippen LogP) is 4.06. The molecule has 3 rings (SSSR count). The van der Waals surface area contributed by atoms with Crippen LogP contribution < -0.4 is 10.1 Å². The molecule has 0 unspecified atom stereocenters. The highest BCUT2D eigenvalue weighted by Gasteiger charge is 2.17. The molecule has 1 amide bonds. The second-order valence-electron chi connectivity index (χ2n) is 6.23. The highest BCUT2D eigenvalue weighted by atomic mass is 32.1. The first-order chi connectivity index (χ1) is 13.3. The van der Waals surface area contributed by atoms with Crippen molar-refractivity contribution in [3.8, 4) is 17.0 Å². The van der Waals surface area contributed by atoms with E-state index in [2.05, 4.69) is 27.4 Å². The lowest BCUT2D eigenvalue weighted by atomic mass is 9.98. The number of benzene rings is 1. The van der Waals surface area contributed by atoms with Crippen molar-refractivity contribution in [1.82, 2.24) is 9.97 Å². The van der Waals surface area contributed by atoms with Crippen molar-refractivity contribution in [2.75, 3.05) is 11.9 Å². The van der Waals surface area contributed by atoms with Crippen LogP contribution in [-0.2, 0) is 4.79 Å². The molecule has 0 saturated heterocycles. The molecular weight excluding hydrogens is 380 g/mol. The molecule has 2 heterocycles. The molecule has 0 fully saturated rings. The highest BCUT2D eigenvalue weighted by Crippen LogP contribution is 2.31. The molecule has 2 aromatic heterocycles. The van der Waals surface area contributed by atoms with Crippen LogP contribution in [0.15, 0.2) is 35.8 Å². The van der Waals surface area contributed by atoms with E-state index in [9.17, 15) is 14.9 Å². The van der Waals surface area contributed by atoms with E-state index < -0.39 is 16.6 Å². The lowest BCUT2D eigenvalue weighted by Crippen LogP contribution is -2.20. The summed E-state index contributed by atoms with van der Waals surface area (Å²) < 4.78 is 5.24. The quantitative estimate of drug-likeness (QED) is 0.496. The van der Waals surface area contributed by atoms with Crippen LogP contribution in [0.1, 0.15) is 16.7 Å². The molecule has 0 aliphatic carbocycles. The lowest BCUT2D eigenvalue weighted by Gasteiger charge is -2.09. The number of hydrogen-bond donors (Lipinski definition) is 1. The number of anilines is 1. The van der Waals surface area contributed by atoms with Crippen molar-refractivity contribution in [1.29, 1.82) is 0 Å². The van der Waals surface area contributed by atoms with Crippen LogP contribution >= 0.6 is 11.3 Å². The molecule has 9 heteroatoms. The summed E-state index contributed by atoms with van der Waals surface area (Å²) in [4.78, 5) is 30.5. The Morgan fingerprint density at radius 2 is 2.00 bits per heavy atom. The van der Waals surface area contributed by atoms with Gasteiger partial charge in [0.25, 0.3) is 5.91 Å². The minimum Gasteiger partial charge on any atom is -0.476 e. The highest BCUT2D eigenvalue weighted by molar-refractivity contribution is 7.14. The van der Waals surface area contributed by atoms with Gasteiger partial charge in [-0.15, -0.1) is 11.3 Å². The molecule has 28 heavy (non-hydrogen) atoms. The molecule has 0 bridgehead atoms. The fourth-order valence-electron chi connectivity index (χ4n) is 2.96. The maximum atomic E-state index is 12.1. The van der Waals surface area contributed by atoms with E-state index in [-0.39, 0.29) is 12.4 Å². The Morgan fingerprint density at radius 3 is 2.68 bits per heavy atom. The van der Waals surface area contributed by atoms with Gasteiger partial charge in [0.15, 0.2) is 11.7 Å². The number of pyridine rings is 1. The number of carbonyl (C=O) groups is 1. The van der Waals surface area contributed by atoms with Crippen LogP contribution in [0.5, 0.6) is 5.75 Å². The molecule has 8 nitrogen and oxygen atoms in total. The number of carbonyl (C=O) groups excluding carboxylic acids is 1. The van der Waals surface area contributed by atoms with Gasteiger partial charge in [0, 0.05) is 10.9 Å². The van der Waals surface area contributed by atoms with Gasteiger partial charge < -0.3 is 14.9 Å². The van der Waals surface area contributed by atoms with E-state index in [1.165, 1.54) is 35.2 Å². The average Bonchev–Trinajstić information content (AvgIpc) is 3.07. The van der Waals surface area contributed by atoms with E-state index in [1.807, 2.05) is 26.2 Å². The van der Waals surface area contributed by atoms with Crippen molar-refractivity contribution >= 4 is 28.2 Å². The summed E-state index contributed by atoms with van der Waals surface area (Å²) in [7, 11) is 0. The van der Waals surface area contributed by atoms with Gasteiger partial charge >= 0.3 is 5.82 Å². The van der Waals surface area contributed by atoms with E-state index >= 15 is 0 Å². The number of thiazole rings is 1. The Hall–Kier alpha value is -3.33. The molecular formula is C19H18N4O4S. The smallest absolute Gasteiger partial charge is 0.406 e. The van der Waals surface area contributed by atoms with E-state index in [0.717, 1.165) is 22.4 Å². The van der Waals surface area contributed by atoms with Crippen molar-refractivity contribution in [2.24, 2.45) is 0 Å². The Morgan fingerprint density at radius 1 is 1.29 bits per heavy atom. The second-order valence-corrected chi connectivity index (χ2v) is 7.09. The third-order valence-electron chi connectivity index (χ3n) is 3.97. The number of rotatable bonds is 6. The summed E-state index contributed by atoms with van der Waals surface area (Å²) in [6.07, 6.45) is 1.29. The number of nitro groups is 1. The van der Waals surface area contributed by atoms with E-state index in [0.29, 0.717) is 5.13 Å². The number of aryl methyl sites for hydroxylation is 3. The normalized spacial score (nSPS) is 10.5. The summed E-state index contributed by atoms with van der Waals surface area (Å²) in [5.41, 5.74) is 5.26. The van der Waals surface area contributed by atoms with Crippen LogP contribution in [-0.4, -0.2) is 27.4 Å². The Kier molecular flexibility index (Phi) is 5.65. The zero-order chi connectivity index (χ0) is 20.3. The van der Waals surface area contributed by atoms with E-state index in [1.54, 1.807) is 0 Å². The zero-order valence-corrected chi connectivity index (χ0v) is 16.4. The predicted molar refractivity (Wildman–Crippen MR) is 107 cm³/mol. The largest absolute Gasteiger partial charge is 0.476 e. The first-order valence-corrected chi connectivity index (χ1v) is 9.29. The van der Waals surface area contributed by atoms with Crippen LogP contribution in [0, 0.1) is 30.9 Å². The summed E-state index contributed by atoms with van der Waals surface area (Å²) in [6.45, 7) is 5.72. The summed E-state index contributed by atoms with van der Waals surface area (Å²) >= 11 is 1.30. The fraction of sp³-hybridized carbons (Fsp3) is 0.211. The molecule has 144 valence electrons. The minimum atomic E-state index is -0.660.